The Morgan fingerprint density at radius 2 is 2.05 bits per heavy atom. The van der Waals surface area contributed by atoms with Crippen LogP contribution in [0, 0.1) is 0 Å². The van der Waals surface area contributed by atoms with Crippen LogP contribution in [0.3, 0.4) is 0 Å². The minimum absolute atomic E-state index is 0.178. The third-order valence-electron chi connectivity index (χ3n) is 2.65. The van der Waals surface area contributed by atoms with Gasteiger partial charge in [0.25, 0.3) is 0 Å². The highest BCUT2D eigenvalue weighted by molar-refractivity contribution is 5.58. The van der Waals surface area contributed by atoms with Crippen LogP contribution in [0.2, 0.25) is 0 Å². The van der Waals surface area contributed by atoms with E-state index < -0.39 is 0 Å². The van der Waals surface area contributed by atoms with E-state index in [1.807, 2.05) is 30.1 Å². The van der Waals surface area contributed by atoms with Gasteiger partial charge < -0.3 is 15.3 Å². The smallest absolute Gasteiger partial charge is 0.135 e. The Kier molecular flexibility index (Phi) is 4.63. The molecule has 0 aliphatic heterocycles. The summed E-state index contributed by atoms with van der Waals surface area (Å²) in [5.74, 6) is 1.55. The van der Waals surface area contributed by atoms with Crippen LogP contribution >= 0.6 is 0 Å². The third kappa shape index (κ3) is 3.89. The fourth-order valence-corrected chi connectivity index (χ4v) is 1.63. The van der Waals surface area contributed by atoms with Crippen molar-refractivity contribution in [1.82, 2.24) is 15.0 Å². The zero-order chi connectivity index (χ0) is 13.5. The van der Waals surface area contributed by atoms with E-state index in [2.05, 4.69) is 20.3 Å². The van der Waals surface area contributed by atoms with Crippen LogP contribution in [-0.4, -0.2) is 40.3 Å². The first kappa shape index (κ1) is 13.2. The third-order valence-corrected chi connectivity index (χ3v) is 2.65. The molecule has 2 N–H and O–H groups in total. The summed E-state index contributed by atoms with van der Waals surface area (Å²) in [5, 5.41) is 12.0. The number of hydrogen-bond donors (Lipinski definition) is 2. The second kappa shape index (κ2) is 6.65. The molecule has 6 heteroatoms. The van der Waals surface area contributed by atoms with Crippen LogP contribution in [0.1, 0.15) is 6.42 Å². The number of aromatic nitrogens is 3. The van der Waals surface area contributed by atoms with Gasteiger partial charge in [-0.2, -0.15) is 0 Å². The summed E-state index contributed by atoms with van der Waals surface area (Å²) in [7, 11) is 1.94. The highest BCUT2D eigenvalue weighted by atomic mass is 16.3. The van der Waals surface area contributed by atoms with Crippen molar-refractivity contribution in [3.63, 3.8) is 0 Å². The summed E-state index contributed by atoms with van der Waals surface area (Å²) < 4.78 is 0. The van der Waals surface area contributed by atoms with Crippen LogP contribution in [0.15, 0.2) is 36.9 Å². The van der Waals surface area contributed by atoms with Gasteiger partial charge in [-0.05, 0) is 18.6 Å². The topological polar surface area (TPSA) is 74.2 Å². The second-order valence-corrected chi connectivity index (χ2v) is 4.12. The number of hydrogen-bond acceptors (Lipinski definition) is 6. The van der Waals surface area contributed by atoms with Gasteiger partial charge in [0.15, 0.2) is 0 Å². The van der Waals surface area contributed by atoms with Gasteiger partial charge in [-0.25, -0.2) is 9.97 Å². The standard InChI is InChI=1S/C13H17N5O/c1-18(7-2-8-19)13-9-12(15-10-16-13)17-11-3-5-14-6-4-11/h3-6,9-10,19H,2,7-8H2,1H3,(H,14,15,16,17). The van der Waals surface area contributed by atoms with Crippen molar-refractivity contribution in [2.75, 3.05) is 30.4 Å². The summed E-state index contributed by atoms with van der Waals surface area (Å²) >= 11 is 0. The van der Waals surface area contributed by atoms with Gasteiger partial charge in [-0.15, -0.1) is 0 Å². The van der Waals surface area contributed by atoms with Crippen LogP contribution in [0.5, 0.6) is 0 Å². The van der Waals surface area contributed by atoms with E-state index in [0.29, 0.717) is 6.42 Å². The predicted molar refractivity (Wildman–Crippen MR) is 74.5 cm³/mol. The van der Waals surface area contributed by atoms with Gasteiger partial charge in [0.1, 0.15) is 18.0 Å². The summed E-state index contributed by atoms with van der Waals surface area (Å²) in [5.41, 5.74) is 0.928. The highest BCUT2D eigenvalue weighted by Gasteiger charge is 2.04. The largest absolute Gasteiger partial charge is 0.396 e. The van der Waals surface area contributed by atoms with Gasteiger partial charge in [0.05, 0.1) is 0 Å². The van der Waals surface area contributed by atoms with Crippen molar-refractivity contribution in [2.45, 2.75) is 6.42 Å². The zero-order valence-electron chi connectivity index (χ0n) is 10.8. The van der Waals surface area contributed by atoms with Crippen molar-refractivity contribution in [3.8, 4) is 0 Å². The Morgan fingerprint density at radius 3 is 2.79 bits per heavy atom. The second-order valence-electron chi connectivity index (χ2n) is 4.12. The summed E-state index contributed by atoms with van der Waals surface area (Å²) in [4.78, 5) is 14.3. The average molecular weight is 259 g/mol. The molecule has 2 aromatic rings. The molecule has 0 saturated carbocycles. The first-order valence-electron chi connectivity index (χ1n) is 6.10. The van der Waals surface area contributed by atoms with E-state index in [1.54, 1.807) is 12.4 Å². The van der Waals surface area contributed by atoms with Gasteiger partial charge >= 0.3 is 0 Å². The van der Waals surface area contributed by atoms with Crippen molar-refractivity contribution in [2.24, 2.45) is 0 Å². The van der Waals surface area contributed by atoms with Gasteiger partial charge in [0.2, 0.25) is 0 Å². The molecular weight excluding hydrogens is 242 g/mol. The Morgan fingerprint density at radius 1 is 1.26 bits per heavy atom. The molecular formula is C13H17N5O. The molecule has 2 aromatic heterocycles. The Bertz CT molecular complexity index is 505. The number of nitrogens with one attached hydrogen (secondary N) is 1. The lowest BCUT2D eigenvalue weighted by molar-refractivity contribution is 0.290. The van der Waals surface area contributed by atoms with Crippen LogP contribution in [0.25, 0.3) is 0 Å². The maximum Gasteiger partial charge on any atom is 0.135 e. The molecule has 0 aromatic carbocycles. The molecule has 0 amide bonds. The molecule has 0 aliphatic rings. The molecule has 0 atom stereocenters. The number of rotatable bonds is 6. The Hall–Kier alpha value is -2.21. The quantitative estimate of drug-likeness (QED) is 0.817. The van der Waals surface area contributed by atoms with E-state index in [4.69, 9.17) is 5.11 Å². The fraction of sp³-hybridized carbons (Fsp3) is 0.308. The molecule has 2 heterocycles. The lowest BCUT2D eigenvalue weighted by Gasteiger charge is -2.17. The first-order valence-corrected chi connectivity index (χ1v) is 6.10. The molecule has 0 fully saturated rings. The van der Waals surface area contributed by atoms with Crippen LogP contribution < -0.4 is 10.2 Å². The summed E-state index contributed by atoms with van der Waals surface area (Å²) in [6.45, 7) is 0.930. The minimum Gasteiger partial charge on any atom is -0.396 e. The molecule has 100 valence electrons. The average Bonchev–Trinajstić information content (AvgIpc) is 2.46. The number of anilines is 3. The number of aliphatic hydroxyl groups is 1. The molecule has 2 rings (SSSR count). The highest BCUT2D eigenvalue weighted by Crippen LogP contribution is 2.17. The molecule has 0 unspecified atom stereocenters. The van der Waals surface area contributed by atoms with Gasteiger partial charge in [-0.3, -0.25) is 4.98 Å². The normalized spacial score (nSPS) is 10.2. The number of nitrogens with zero attached hydrogens (tertiary/aromatic N) is 4. The molecule has 0 aliphatic carbocycles. The van der Waals surface area contributed by atoms with Crippen LogP contribution in [-0.2, 0) is 0 Å². The summed E-state index contributed by atoms with van der Waals surface area (Å²) in [6.07, 6.45) is 5.68. The fourth-order valence-electron chi connectivity index (χ4n) is 1.63. The first-order chi connectivity index (χ1) is 9.29. The molecule has 19 heavy (non-hydrogen) atoms. The van der Waals surface area contributed by atoms with Crippen LogP contribution in [0.4, 0.5) is 17.3 Å². The van der Waals surface area contributed by atoms with Gasteiger partial charge in [-0.1, -0.05) is 0 Å². The SMILES string of the molecule is CN(CCCO)c1cc(Nc2ccncc2)ncn1. The maximum atomic E-state index is 8.83. The number of pyridine rings is 1. The van der Waals surface area contributed by atoms with E-state index in [-0.39, 0.29) is 6.61 Å². The lowest BCUT2D eigenvalue weighted by Crippen LogP contribution is -2.20. The summed E-state index contributed by atoms with van der Waals surface area (Å²) in [6, 6.07) is 5.62. The van der Waals surface area contributed by atoms with Gasteiger partial charge in [0, 0.05) is 44.3 Å². The molecule has 6 nitrogen and oxygen atoms in total. The molecule has 0 radical (unpaired) electrons. The monoisotopic (exact) mass is 259 g/mol. The van der Waals surface area contributed by atoms with Crippen molar-refractivity contribution >= 4 is 17.3 Å². The Balaban J connectivity index is 2.06. The van der Waals surface area contributed by atoms with E-state index in [1.165, 1.54) is 6.33 Å². The van der Waals surface area contributed by atoms with E-state index in [9.17, 15) is 0 Å². The molecule has 0 saturated heterocycles. The Labute approximate surface area is 112 Å². The van der Waals surface area contributed by atoms with E-state index >= 15 is 0 Å². The minimum atomic E-state index is 0.178. The zero-order valence-corrected chi connectivity index (χ0v) is 10.8. The van der Waals surface area contributed by atoms with Crippen molar-refractivity contribution in [1.29, 1.82) is 0 Å². The number of aliphatic hydroxyl groups excluding tert-OH is 1. The molecule has 0 bridgehead atoms. The predicted octanol–water partition coefficient (Wildman–Crippen LogP) is 1.43. The van der Waals surface area contributed by atoms with E-state index in [0.717, 1.165) is 23.9 Å². The van der Waals surface area contributed by atoms with Crippen molar-refractivity contribution < 1.29 is 5.11 Å². The lowest BCUT2D eigenvalue weighted by atomic mass is 10.3. The maximum absolute atomic E-state index is 8.83. The molecule has 0 spiro atoms. The van der Waals surface area contributed by atoms with Crippen molar-refractivity contribution in [3.05, 3.63) is 36.9 Å².